The molecule has 10 heteroatoms. The first kappa shape index (κ1) is 26.6. The Morgan fingerprint density at radius 3 is 2.13 bits per heavy atom. The molecule has 0 bridgehead atoms. The van der Waals surface area contributed by atoms with Crippen LogP contribution in [-0.2, 0) is 24.3 Å². The molecule has 2 amide bonds. The molecule has 174 valence electrons. The van der Waals surface area contributed by atoms with E-state index in [-0.39, 0.29) is 22.3 Å². The molecule has 9 nitrogen and oxygen atoms in total. The minimum Gasteiger partial charge on any atom is -0.451 e. The van der Waals surface area contributed by atoms with Gasteiger partial charge in [0.15, 0.2) is 6.10 Å². The van der Waals surface area contributed by atoms with Gasteiger partial charge in [-0.15, -0.1) is 0 Å². The van der Waals surface area contributed by atoms with E-state index in [4.69, 9.17) is 4.74 Å². The lowest BCUT2D eigenvalue weighted by molar-refractivity contribution is -0.160. The van der Waals surface area contributed by atoms with Gasteiger partial charge < -0.3 is 15.0 Å². The molecule has 0 aliphatic rings. The minimum absolute atomic E-state index is 0.00211. The van der Waals surface area contributed by atoms with Crippen molar-refractivity contribution in [2.45, 2.75) is 51.7 Å². The molecule has 31 heavy (non-hydrogen) atoms. The maximum absolute atomic E-state index is 12.8. The average Bonchev–Trinajstić information content (AvgIpc) is 2.71. The van der Waals surface area contributed by atoms with Gasteiger partial charge in [-0.25, -0.2) is 13.2 Å². The van der Waals surface area contributed by atoms with Crippen molar-refractivity contribution in [1.29, 1.82) is 0 Å². The number of ether oxygens (including phenoxy) is 1. The Hall–Kier alpha value is -2.46. The van der Waals surface area contributed by atoms with Gasteiger partial charge in [0.1, 0.15) is 6.04 Å². The average molecular weight is 456 g/mol. The first-order valence-corrected chi connectivity index (χ1v) is 11.6. The number of carbonyl (C=O) groups is 3. The molecule has 1 rings (SSSR count). The molecule has 2 atom stereocenters. The van der Waals surface area contributed by atoms with Gasteiger partial charge in [-0.1, -0.05) is 33.8 Å². The van der Waals surface area contributed by atoms with Crippen LogP contribution in [0.3, 0.4) is 0 Å². The molecule has 0 saturated heterocycles. The van der Waals surface area contributed by atoms with Crippen LogP contribution in [0.2, 0.25) is 0 Å². The smallest absolute Gasteiger partial charge is 0.329 e. The standard InChI is InChI=1S/C21H33N3O6S/c1-8-24(9-2)31(28,29)17-12-10-11-16(13-17)19(25)22-18(14(3)4)21(27)30-15(5)20(26)23(6)7/h10-15,18H,8-9H2,1-7H3,(H,22,25)/t15?,18-/m0/s1. The normalized spacial score (nSPS) is 13.6. The SMILES string of the molecule is CCN(CC)S(=O)(=O)c1cccc(C(=O)N[C@H](C(=O)OC(C)C(=O)N(C)C)C(C)C)c1. The molecule has 0 aliphatic carbocycles. The van der Waals surface area contributed by atoms with Crippen LogP contribution in [0.1, 0.15) is 45.0 Å². The van der Waals surface area contributed by atoms with Crippen LogP contribution in [0.4, 0.5) is 0 Å². The van der Waals surface area contributed by atoms with Crippen molar-refractivity contribution in [3.8, 4) is 0 Å². The predicted molar refractivity (Wildman–Crippen MR) is 117 cm³/mol. The Labute approximate surface area is 184 Å². The number of esters is 1. The third-order valence-electron chi connectivity index (χ3n) is 4.73. The third-order valence-corrected chi connectivity index (χ3v) is 6.77. The zero-order valence-electron chi connectivity index (χ0n) is 19.2. The third kappa shape index (κ3) is 6.76. The van der Waals surface area contributed by atoms with Gasteiger partial charge in [-0.3, -0.25) is 9.59 Å². The summed E-state index contributed by atoms with van der Waals surface area (Å²) in [5, 5.41) is 2.60. The first-order chi connectivity index (χ1) is 14.4. The maximum atomic E-state index is 12.8. The number of nitrogens with zero attached hydrogens (tertiary/aromatic N) is 2. The highest BCUT2D eigenvalue weighted by molar-refractivity contribution is 7.89. The number of benzene rings is 1. The second-order valence-electron chi connectivity index (χ2n) is 7.62. The van der Waals surface area contributed by atoms with E-state index < -0.39 is 34.0 Å². The molecule has 1 aromatic carbocycles. The summed E-state index contributed by atoms with van der Waals surface area (Å²) in [5.41, 5.74) is 0.101. The maximum Gasteiger partial charge on any atom is 0.329 e. The molecule has 0 fully saturated rings. The summed E-state index contributed by atoms with van der Waals surface area (Å²) < 4.78 is 32.0. The number of carbonyl (C=O) groups excluding carboxylic acids is 3. The summed E-state index contributed by atoms with van der Waals surface area (Å²) in [7, 11) is -0.634. The van der Waals surface area contributed by atoms with Crippen molar-refractivity contribution in [3.05, 3.63) is 29.8 Å². The topological polar surface area (TPSA) is 113 Å². The Bertz CT molecular complexity index is 894. The van der Waals surface area contributed by atoms with Crippen LogP contribution in [-0.4, -0.2) is 74.7 Å². The van der Waals surface area contributed by atoms with Crippen LogP contribution in [0.5, 0.6) is 0 Å². The van der Waals surface area contributed by atoms with Crippen molar-refractivity contribution >= 4 is 27.8 Å². The number of sulfonamides is 1. The molecule has 0 aromatic heterocycles. The van der Waals surface area contributed by atoms with Gasteiger partial charge in [0.05, 0.1) is 4.90 Å². The van der Waals surface area contributed by atoms with Crippen LogP contribution < -0.4 is 5.32 Å². The summed E-state index contributed by atoms with van der Waals surface area (Å²) >= 11 is 0. The Morgan fingerprint density at radius 1 is 1.06 bits per heavy atom. The van der Waals surface area contributed by atoms with E-state index in [9.17, 15) is 22.8 Å². The lowest BCUT2D eigenvalue weighted by Crippen LogP contribution is -2.47. The molecule has 0 aliphatic heterocycles. The van der Waals surface area contributed by atoms with E-state index in [1.807, 2.05) is 0 Å². The molecule has 0 saturated carbocycles. The molecule has 1 N–H and O–H groups in total. The van der Waals surface area contributed by atoms with Crippen LogP contribution in [0.25, 0.3) is 0 Å². The largest absolute Gasteiger partial charge is 0.451 e. The van der Waals surface area contributed by atoms with Crippen molar-refractivity contribution in [1.82, 2.24) is 14.5 Å². The van der Waals surface area contributed by atoms with Crippen LogP contribution in [0, 0.1) is 5.92 Å². The number of amides is 2. The quantitative estimate of drug-likeness (QED) is 0.535. The fourth-order valence-corrected chi connectivity index (χ4v) is 4.40. The monoisotopic (exact) mass is 455 g/mol. The zero-order valence-corrected chi connectivity index (χ0v) is 20.0. The van der Waals surface area contributed by atoms with Crippen LogP contribution >= 0.6 is 0 Å². The predicted octanol–water partition coefficient (Wildman–Crippen LogP) is 1.49. The zero-order chi connectivity index (χ0) is 23.9. The fraction of sp³-hybridized carbons (Fsp3) is 0.571. The summed E-state index contributed by atoms with van der Waals surface area (Å²) in [5.74, 6) is -2.05. The molecule has 0 radical (unpaired) electrons. The second kappa shape index (κ2) is 11.2. The van der Waals surface area contributed by atoms with E-state index in [1.165, 1.54) is 40.4 Å². The molecular formula is C21H33N3O6S. The van der Waals surface area contributed by atoms with E-state index in [1.54, 1.807) is 41.8 Å². The first-order valence-electron chi connectivity index (χ1n) is 10.2. The molecule has 0 spiro atoms. The Kier molecular flexibility index (Phi) is 9.64. The van der Waals surface area contributed by atoms with Gasteiger partial charge in [0, 0.05) is 32.7 Å². The Balaban J connectivity index is 3.06. The van der Waals surface area contributed by atoms with Crippen molar-refractivity contribution in [2.24, 2.45) is 5.92 Å². The highest BCUT2D eigenvalue weighted by Gasteiger charge is 2.30. The van der Waals surface area contributed by atoms with Gasteiger partial charge in [-0.2, -0.15) is 4.31 Å². The second-order valence-corrected chi connectivity index (χ2v) is 9.56. The lowest BCUT2D eigenvalue weighted by atomic mass is 10.0. The van der Waals surface area contributed by atoms with E-state index in [0.717, 1.165) is 0 Å². The number of rotatable bonds is 10. The molecule has 0 heterocycles. The van der Waals surface area contributed by atoms with Crippen LogP contribution in [0.15, 0.2) is 29.2 Å². The van der Waals surface area contributed by atoms with Gasteiger partial charge in [0.2, 0.25) is 10.0 Å². The lowest BCUT2D eigenvalue weighted by Gasteiger charge is -2.24. The summed E-state index contributed by atoms with van der Waals surface area (Å²) in [6.45, 7) is 9.00. The number of nitrogens with one attached hydrogen (secondary N) is 1. The highest BCUT2D eigenvalue weighted by Crippen LogP contribution is 2.17. The number of likely N-dealkylation sites (N-methyl/N-ethyl adjacent to an activating group) is 1. The minimum atomic E-state index is -3.73. The van der Waals surface area contributed by atoms with E-state index in [2.05, 4.69) is 5.32 Å². The van der Waals surface area contributed by atoms with Gasteiger partial charge in [0.25, 0.3) is 11.8 Å². The number of hydrogen-bond acceptors (Lipinski definition) is 6. The van der Waals surface area contributed by atoms with Crippen molar-refractivity contribution < 1.29 is 27.5 Å². The van der Waals surface area contributed by atoms with E-state index in [0.29, 0.717) is 13.1 Å². The van der Waals surface area contributed by atoms with Crippen molar-refractivity contribution in [2.75, 3.05) is 27.2 Å². The fourth-order valence-electron chi connectivity index (χ4n) is 2.89. The molecular weight excluding hydrogens is 422 g/mol. The summed E-state index contributed by atoms with van der Waals surface area (Å²) in [4.78, 5) is 38.6. The van der Waals surface area contributed by atoms with E-state index >= 15 is 0 Å². The molecule has 1 aromatic rings. The summed E-state index contributed by atoms with van der Waals surface area (Å²) in [6, 6.07) is 4.65. The number of hydrogen-bond donors (Lipinski definition) is 1. The van der Waals surface area contributed by atoms with Gasteiger partial charge in [-0.05, 0) is 31.0 Å². The Morgan fingerprint density at radius 2 is 1.65 bits per heavy atom. The van der Waals surface area contributed by atoms with Crippen molar-refractivity contribution in [3.63, 3.8) is 0 Å². The van der Waals surface area contributed by atoms with Gasteiger partial charge >= 0.3 is 5.97 Å². The molecule has 1 unspecified atom stereocenters. The highest BCUT2D eigenvalue weighted by atomic mass is 32.2. The summed E-state index contributed by atoms with van der Waals surface area (Å²) in [6.07, 6.45) is -0.997.